The molecule has 0 fully saturated rings. The molecule has 0 atom stereocenters. The van der Waals surface area contributed by atoms with E-state index in [1.807, 2.05) is 38.1 Å². The fourth-order valence-electron chi connectivity index (χ4n) is 1.95. The fourth-order valence-corrected chi connectivity index (χ4v) is 1.95. The number of aryl methyl sites for hydroxylation is 3. The number of nitrogens with zero attached hydrogens (tertiary/aromatic N) is 3. The van der Waals surface area contributed by atoms with Crippen molar-refractivity contribution in [2.45, 2.75) is 13.8 Å². The first kappa shape index (κ1) is 12.8. The third-order valence-corrected chi connectivity index (χ3v) is 2.78. The molecule has 1 amide bonds. The van der Waals surface area contributed by atoms with Crippen LogP contribution in [0.1, 0.15) is 27.0 Å². The molecule has 19 heavy (non-hydrogen) atoms. The van der Waals surface area contributed by atoms with Gasteiger partial charge in [-0.15, -0.1) is 0 Å². The van der Waals surface area contributed by atoms with Gasteiger partial charge in [-0.3, -0.25) is 9.48 Å². The zero-order chi connectivity index (χ0) is 14.0. The first-order valence-electron chi connectivity index (χ1n) is 5.83. The highest BCUT2D eigenvalue weighted by molar-refractivity contribution is 6.04. The minimum atomic E-state index is -0.244. The molecule has 0 aliphatic rings. The maximum Gasteiger partial charge on any atom is 0.256 e. The summed E-state index contributed by atoms with van der Waals surface area (Å²) in [5.74, 6) is 0.165. The highest BCUT2D eigenvalue weighted by Gasteiger charge is 2.13. The predicted octanol–water partition coefficient (Wildman–Crippen LogP) is 2.16. The third-order valence-electron chi connectivity index (χ3n) is 2.78. The number of nitriles is 1. The molecule has 2 rings (SSSR count). The van der Waals surface area contributed by atoms with Gasteiger partial charge in [-0.1, -0.05) is 17.2 Å². The molecule has 0 unspecified atom stereocenters. The van der Waals surface area contributed by atoms with Crippen LogP contribution in [0.5, 0.6) is 0 Å². The van der Waals surface area contributed by atoms with Crippen LogP contribution in [0.4, 0.5) is 5.82 Å². The molecule has 5 heteroatoms. The lowest BCUT2D eigenvalue weighted by Gasteiger charge is -2.07. The lowest BCUT2D eigenvalue weighted by atomic mass is 10.1. The molecule has 2 aromatic rings. The maximum absolute atomic E-state index is 12.2. The lowest BCUT2D eigenvalue weighted by Crippen LogP contribution is -2.15. The molecular weight excluding hydrogens is 240 g/mol. The summed E-state index contributed by atoms with van der Waals surface area (Å²) in [7, 11) is 1.68. The van der Waals surface area contributed by atoms with Crippen molar-refractivity contribution in [3.05, 3.63) is 46.6 Å². The van der Waals surface area contributed by atoms with E-state index in [1.54, 1.807) is 7.05 Å². The summed E-state index contributed by atoms with van der Waals surface area (Å²) in [5, 5.41) is 15.6. The van der Waals surface area contributed by atoms with Gasteiger partial charge in [0.1, 0.15) is 17.5 Å². The highest BCUT2D eigenvalue weighted by Crippen LogP contribution is 2.15. The molecule has 0 radical (unpaired) electrons. The number of aromatic nitrogens is 2. The van der Waals surface area contributed by atoms with Crippen LogP contribution < -0.4 is 5.32 Å². The molecule has 96 valence electrons. The molecule has 5 nitrogen and oxygen atoms in total. The van der Waals surface area contributed by atoms with Crippen molar-refractivity contribution in [1.29, 1.82) is 5.26 Å². The number of hydrogen-bond donors (Lipinski definition) is 1. The largest absolute Gasteiger partial charge is 0.306 e. The number of carbonyl (C=O) groups is 1. The monoisotopic (exact) mass is 254 g/mol. The second-order valence-electron chi connectivity index (χ2n) is 4.47. The molecule has 0 saturated heterocycles. The number of anilines is 1. The Morgan fingerprint density at radius 3 is 2.53 bits per heavy atom. The second-order valence-corrected chi connectivity index (χ2v) is 4.47. The average Bonchev–Trinajstić information content (AvgIpc) is 2.69. The molecule has 1 N–H and O–H groups in total. The van der Waals surface area contributed by atoms with Gasteiger partial charge in [0.05, 0.1) is 6.20 Å². The molecule has 1 heterocycles. The number of carbonyl (C=O) groups excluding carboxylic acids is 1. The summed E-state index contributed by atoms with van der Waals surface area (Å²) in [5.41, 5.74) is 2.97. The molecule has 0 aliphatic heterocycles. The molecule has 1 aromatic carbocycles. The Morgan fingerprint density at radius 2 is 1.95 bits per heavy atom. The fraction of sp³-hybridized carbons (Fsp3) is 0.214. The standard InChI is InChI=1S/C14H14N4O/c1-9-4-10(2)6-11(5-9)14(19)17-13-12(7-15)8-16-18(13)3/h4-6,8H,1-3H3,(H,17,19). The van der Waals surface area contributed by atoms with E-state index in [9.17, 15) is 4.79 Å². The zero-order valence-electron chi connectivity index (χ0n) is 11.1. The number of nitrogens with one attached hydrogen (secondary N) is 1. The minimum absolute atomic E-state index is 0.244. The van der Waals surface area contributed by atoms with Gasteiger partial charge in [0.2, 0.25) is 0 Å². The smallest absolute Gasteiger partial charge is 0.256 e. The summed E-state index contributed by atoms with van der Waals surface area (Å²) in [4.78, 5) is 12.2. The van der Waals surface area contributed by atoms with Gasteiger partial charge in [0.15, 0.2) is 0 Å². The number of amides is 1. The first-order valence-corrected chi connectivity index (χ1v) is 5.83. The van der Waals surface area contributed by atoms with E-state index in [2.05, 4.69) is 10.4 Å². The minimum Gasteiger partial charge on any atom is -0.306 e. The van der Waals surface area contributed by atoms with Gasteiger partial charge in [-0.25, -0.2) is 0 Å². The van der Waals surface area contributed by atoms with Crippen LogP contribution in [-0.4, -0.2) is 15.7 Å². The molecule has 0 aliphatic carbocycles. The van der Waals surface area contributed by atoms with Crippen molar-refractivity contribution in [2.75, 3.05) is 5.32 Å². The molecule has 1 aromatic heterocycles. The first-order chi connectivity index (χ1) is 9.01. The Morgan fingerprint density at radius 1 is 1.32 bits per heavy atom. The van der Waals surface area contributed by atoms with Crippen LogP contribution in [-0.2, 0) is 7.05 Å². The Kier molecular flexibility index (Phi) is 3.34. The number of benzene rings is 1. The van der Waals surface area contributed by atoms with Gasteiger partial charge in [0, 0.05) is 12.6 Å². The lowest BCUT2D eigenvalue weighted by molar-refractivity contribution is 0.102. The van der Waals surface area contributed by atoms with Crippen LogP contribution in [0.3, 0.4) is 0 Å². The van der Waals surface area contributed by atoms with Crippen molar-refractivity contribution >= 4 is 11.7 Å². The molecular formula is C14H14N4O. The van der Waals surface area contributed by atoms with E-state index in [0.29, 0.717) is 16.9 Å². The van der Waals surface area contributed by atoms with Gasteiger partial charge in [0.25, 0.3) is 5.91 Å². The van der Waals surface area contributed by atoms with E-state index >= 15 is 0 Å². The van der Waals surface area contributed by atoms with Crippen LogP contribution >= 0.6 is 0 Å². The topological polar surface area (TPSA) is 70.7 Å². The van der Waals surface area contributed by atoms with Gasteiger partial charge in [-0.2, -0.15) is 10.4 Å². The summed E-state index contributed by atoms with van der Waals surface area (Å²) in [6.07, 6.45) is 1.43. The van der Waals surface area contributed by atoms with Crippen molar-refractivity contribution in [3.8, 4) is 6.07 Å². The Hall–Kier alpha value is -2.61. The Bertz CT molecular complexity index is 659. The highest BCUT2D eigenvalue weighted by atomic mass is 16.1. The van der Waals surface area contributed by atoms with E-state index in [0.717, 1.165) is 11.1 Å². The van der Waals surface area contributed by atoms with E-state index in [4.69, 9.17) is 5.26 Å². The third kappa shape index (κ3) is 2.63. The zero-order valence-corrected chi connectivity index (χ0v) is 11.1. The Labute approximate surface area is 111 Å². The van der Waals surface area contributed by atoms with Crippen molar-refractivity contribution in [3.63, 3.8) is 0 Å². The van der Waals surface area contributed by atoms with Crippen LogP contribution in [0.25, 0.3) is 0 Å². The molecule has 0 bridgehead atoms. The summed E-state index contributed by atoms with van der Waals surface area (Å²) in [6.45, 7) is 3.88. The van der Waals surface area contributed by atoms with Gasteiger partial charge >= 0.3 is 0 Å². The second kappa shape index (κ2) is 4.94. The molecule has 0 saturated carbocycles. The normalized spacial score (nSPS) is 10.0. The number of rotatable bonds is 2. The van der Waals surface area contributed by atoms with Crippen molar-refractivity contribution in [2.24, 2.45) is 7.05 Å². The summed E-state index contributed by atoms with van der Waals surface area (Å²) < 4.78 is 1.47. The average molecular weight is 254 g/mol. The number of hydrogen-bond acceptors (Lipinski definition) is 3. The summed E-state index contributed by atoms with van der Waals surface area (Å²) >= 11 is 0. The maximum atomic E-state index is 12.2. The van der Waals surface area contributed by atoms with Crippen molar-refractivity contribution in [1.82, 2.24) is 9.78 Å². The summed E-state index contributed by atoms with van der Waals surface area (Å²) in [6, 6.07) is 7.62. The van der Waals surface area contributed by atoms with Crippen LogP contribution in [0.15, 0.2) is 24.4 Å². The quantitative estimate of drug-likeness (QED) is 0.892. The predicted molar refractivity (Wildman–Crippen MR) is 71.8 cm³/mol. The molecule has 0 spiro atoms. The van der Waals surface area contributed by atoms with Gasteiger partial charge < -0.3 is 5.32 Å². The van der Waals surface area contributed by atoms with Crippen LogP contribution in [0, 0.1) is 25.2 Å². The Balaban J connectivity index is 2.31. The van der Waals surface area contributed by atoms with Gasteiger partial charge in [-0.05, 0) is 26.0 Å². The van der Waals surface area contributed by atoms with E-state index in [-0.39, 0.29) is 5.91 Å². The van der Waals surface area contributed by atoms with E-state index in [1.165, 1.54) is 10.9 Å². The van der Waals surface area contributed by atoms with Crippen LogP contribution in [0.2, 0.25) is 0 Å². The SMILES string of the molecule is Cc1cc(C)cc(C(=O)Nc2c(C#N)cnn2C)c1. The van der Waals surface area contributed by atoms with E-state index < -0.39 is 0 Å². The van der Waals surface area contributed by atoms with Crippen molar-refractivity contribution < 1.29 is 4.79 Å².